The molecule has 4 nitrogen and oxygen atoms in total. The molecule has 0 saturated carbocycles. The van der Waals surface area contributed by atoms with Crippen LogP contribution in [-0.4, -0.2) is 23.9 Å². The predicted octanol–water partition coefficient (Wildman–Crippen LogP) is 3.00. The zero-order valence-corrected chi connectivity index (χ0v) is 13.7. The van der Waals surface area contributed by atoms with E-state index in [1.807, 2.05) is 13.8 Å². The number of hydrogen-bond donors (Lipinski definition) is 1. The number of halogens is 2. The number of carbonyl (C=O) groups excluding carboxylic acids is 2. The van der Waals surface area contributed by atoms with Gasteiger partial charge in [-0.15, -0.1) is 0 Å². The second kappa shape index (κ2) is 6.13. The van der Waals surface area contributed by atoms with E-state index < -0.39 is 11.4 Å². The van der Waals surface area contributed by atoms with Gasteiger partial charge in [0.25, 0.3) is 5.91 Å². The molecule has 0 aromatic heterocycles. The lowest BCUT2D eigenvalue weighted by atomic mass is 9.91. The van der Waals surface area contributed by atoms with E-state index in [-0.39, 0.29) is 24.8 Å². The van der Waals surface area contributed by atoms with Gasteiger partial charge < -0.3 is 10.2 Å². The molecule has 1 fully saturated rings. The molecule has 1 aromatic rings. The first-order chi connectivity index (χ1) is 9.93. The van der Waals surface area contributed by atoms with Crippen LogP contribution < -0.4 is 10.2 Å². The van der Waals surface area contributed by atoms with Crippen LogP contribution in [0.1, 0.15) is 33.1 Å². The zero-order valence-electron chi connectivity index (χ0n) is 12.1. The molecule has 0 spiro atoms. The summed E-state index contributed by atoms with van der Waals surface area (Å²) in [5.74, 6) is -0.755. The summed E-state index contributed by atoms with van der Waals surface area (Å²) < 4.78 is 14.2. The van der Waals surface area contributed by atoms with Crippen LogP contribution in [0, 0.1) is 5.82 Å². The van der Waals surface area contributed by atoms with Crippen molar-refractivity contribution >= 4 is 33.4 Å². The molecule has 0 unspecified atom stereocenters. The Bertz CT molecular complexity index is 573. The van der Waals surface area contributed by atoms with Crippen molar-refractivity contribution in [3.8, 4) is 0 Å². The molecule has 0 bridgehead atoms. The Balaban J connectivity index is 2.49. The number of nitrogens with zero attached hydrogens (tertiary/aromatic N) is 1. The highest BCUT2D eigenvalue weighted by Crippen LogP contribution is 2.32. The molecule has 2 rings (SSSR count). The third kappa shape index (κ3) is 2.95. The van der Waals surface area contributed by atoms with Gasteiger partial charge >= 0.3 is 0 Å². The van der Waals surface area contributed by atoms with Crippen LogP contribution in [0.25, 0.3) is 0 Å². The van der Waals surface area contributed by atoms with Gasteiger partial charge in [0.05, 0.1) is 5.69 Å². The molecule has 0 aliphatic carbocycles. The number of nitrogens with one attached hydrogen (secondary N) is 1. The first-order valence-electron chi connectivity index (χ1n) is 7.01. The molecule has 1 saturated heterocycles. The van der Waals surface area contributed by atoms with Crippen LogP contribution in [0.15, 0.2) is 22.7 Å². The van der Waals surface area contributed by atoms with Gasteiger partial charge in [0, 0.05) is 17.4 Å². The largest absolute Gasteiger partial charge is 0.342 e. The topological polar surface area (TPSA) is 49.4 Å². The third-order valence-corrected chi connectivity index (χ3v) is 4.67. The van der Waals surface area contributed by atoms with Crippen LogP contribution in [0.4, 0.5) is 10.1 Å². The van der Waals surface area contributed by atoms with Gasteiger partial charge in [-0.3, -0.25) is 9.59 Å². The number of rotatable bonds is 3. The maximum atomic E-state index is 13.5. The second-order valence-electron chi connectivity index (χ2n) is 5.14. The standard InChI is InChI=1S/C15H18BrFN2O2/c1-3-15(4-2)14(21)19(8-7-13(20)18-15)12-9-10(17)5-6-11(12)16/h5-6,9H,3-4,7-8H2,1-2H3,(H,18,20). The SMILES string of the molecule is CCC1(CC)NC(=O)CCN(c2cc(F)ccc2Br)C1=O. The second-order valence-corrected chi connectivity index (χ2v) is 5.99. The van der Waals surface area contributed by atoms with Gasteiger partial charge in [0.2, 0.25) is 5.91 Å². The highest BCUT2D eigenvalue weighted by atomic mass is 79.9. The summed E-state index contributed by atoms with van der Waals surface area (Å²) in [5, 5.41) is 2.84. The average Bonchev–Trinajstić information content (AvgIpc) is 2.59. The fraction of sp³-hybridized carbons (Fsp3) is 0.467. The van der Waals surface area contributed by atoms with Gasteiger partial charge in [-0.05, 0) is 47.0 Å². The van der Waals surface area contributed by atoms with E-state index in [1.54, 1.807) is 6.07 Å². The van der Waals surface area contributed by atoms with Gasteiger partial charge in [0.1, 0.15) is 11.4 Å². The molecule has 6 heteroatoms. The van der Waals surface area contributed by atoms with Crippen molar-refractivity contribution < 1.29 is 14.0 Å². The number of carbonyl (C=O) groups is 2. The minimum absolute atomic E-state index is 0.151. The Hall–Kier alpha value is -1.43. The quantitative estimate of drug-likeness (QED) is 0.904. The molecule has 1 aliphatic rings. The summed E-state index contributed by atoms with van der Waals surface area (Å²) in [6.07, 6.45) is 1.20. The smallest absolute Gasteiger partial charge is 0.252 e. The Kier molecular flexibility index (Phi) is 4.66. The van der Waals surface area contributed by atoms with E-state index in [1.165, 1.54) is 17.0 Å². The van der Waals surface area contributed by atoms with Crippen LogP contribution in [0.3, 0.4) is 0 Å². The number of amides is 2. The minimum atomic E-state index is -0.917. The van der Waals surface area contributed by atoms with E-state index >= 15 is 0 Å². The van der Waals surface area contributed by atoms with Crippen LogP contribution >= 0.6 is 15.9 Å². The molecular weight excluding hydrogens is 339 g/mol. The maximum absolute atomic E-state index is 13.5. The van der Waals surface area contributed by atoms with Crippen molar-refractivity contribution in [2.45, 2.75) is 38.6 Å². The predicted molar refractivity (Wildman–Crippen MR) is 82.5 cm³/mol. The summed E-state index contributed by atoms with van der Waals surface area (Å²) in [5.41, 5.74) is -0.456. The molecule has 114 valence electrons. The minimum Gasteiger partial charge on any atom is -0.342 e. The van der Waals surface area contributed by atoms with Crippen LogP contribution in [0.5, 0.6) is 0 Å². The third-order valence-electron chi connectivity index (χ3n) is 4.00. The summed E-state index contributed by atoms with van der Waals surface area (Å²) in [4.78, 5) is 26.3. The summed E-state index contributed by atoms with van der Waals surface area (Å²) in [6, 6.07) is 4.21. The monoisotopic (exact) mass is 356 g/mol. The Morgan fingerprint density at radius 1 is 1.33 bits per heavy atom. The first kappa shape index (κ1) is 15.9. The van der Waals surface area contributed by atoms with Crippen LogP contribution in [-0.2, 0) is 9.59 Å². The molecule has 2 amide bonds. The van der Waals surface area contributed by atoms with Crippen molar-refractivity contribution in [3.05, 3.63) is 28.5 Å². The van der Waals surface area contributed by atoms with Gasteiger partial charge in [-0.25, -0.2) is 4.39 Å². The van der Waals surface area contributed by atoms with E-state index in [2.05, 4.69) is 21.2 Å². The zero-order chi connectivity index (χ0) is 15.6. The normalized spacial score (nSPS) is 18.4. The lowest BCUT2D eigenvalue weighted by Crippen LogP contribution is -2.56. The molecule has 0 radical (unpaired) electrons. The fourth-order valence-corrected chi connectivity index (χ4v) is 3.07. The van der Waals surface area contributed by atoms with Gasteiger partial charge in [-0.2, -0.15) is 0 Å². The molecule has 1 aliphatic heterocycles. The molecule has 1 N–H and O–H groups in total. The van der Waals surface area contributed by atoms with E-state index in [0.29, 0.717) is 23.0 Å². The summed E-state index contributed by atoms with van der Waals surface area (Å²) >= 11 is 3.35. The summed E-state index contributed by atoms with van der Waals surface area (Å²) in [7, 11) is 0. The Labute approximate surface area is 131 Å². The molecular formula is C15H18BrFN2O2. The molecule has 21 heavy (non-hydrogen) atoms. The first-order valence-corrected chi connectivity index (χ1v) is 7.81. The molecule has 0 atom stereocenters. The molecule has 1 aromatic carbocycles. The van der Waals surface area contributed by atoms with Crippen molar-refractivity contribution in [1.82, 2.24) is 5.32 Å². The number of anilines is 1. The van der Waals surface area contributed by atoms with Crippen molar-refractivity contribution in [2.24, 2.45) is 0 Å². The van der Waals surface area contributed by atoms with Gasteiger partial charge in [-0.1, -0.05) is 13.8 Å². The lowest BCUT2D eigenvalue weighted by Gasteiger charge is -2.34. The van der Waals surface area contributed by atoms with Crippen LogP contribution in [0.2, 0.25) is 0 Å². The van der Waals surface area contributed by atoms with Crippen molar-refractivity contribution in [3.63, 3.8) is 0 Å². The highest BCUT2D eigenvalue weighted by molar-refractivity contribution is 9.10. The Morgan fingerprint density at radius 3 is 2.62 bits per heavy atom. The highest BCUT2D eigenvalue weighted by Gasteiger charge is 2.42. The summed E-state index contributed by atoms with van der Waals surface area (Å²) in [6.45, 7) is 3.98. The van der Waals surface area contributed by atoms with E-state index in [4.69, 9.17) is 0 Å². The number of benzene rings is 1. The maximum Gasteiger partial charge on any atom is 0.252 e. The fourth-order valence-electron chi connectivity index (χ4n) is 2.61. The lowest BCUT2D eigenvalue weighted by molar-refractivity contribution is -0.130. The molecule has 1 heterocycles. The number of hydrogen-bond acceptors (Lipinski definition) is 2. The average molecular weight is 357 g/mol. The Morgan fingerprint density at radius 2 is 2.00 bits per heavy atom. The van der Waals surface area contributed by atoms with E-state index in [9.17, 15) is 14.0 Å². The van der Waals surface area contributed by atoms with Crippen molar-refractivity contribution in [1.29, 1.82) is 0 Å². The van der Waals surface area contributed by atoms with E-state index in [0.717, 1.165) is 0 Å². The van der Waals surface area contributed by atoms with Crippen molar-refractivity contribution in [2.75, 3.05) is 11.4 Å². The van der Waals surface area contributed by atoms with Gasteiger partial charge in [0.15, 0.2) is 0 Å².